The van der Waals surface area contributed by atoms with Crippen LogP contribution in [0.2, 0.25) is 0 Å². The predicted octanol–water partition coefficient (Wildman–Crippen LogP) is 11.8. The van der Waals surface area contributed by atoms with Gasteiger partial charge in [0.2, 0.25) is 0 Å². The van der Waals surface area contributed by atoms with Gasteiger partial charge in [0.25, 0.3) is 0 Å². The number of nitrogens with zero attached hydrogens (tertiary/aromatic N) is 26. The first-order valence-electron chi connectivity index (χ1n) is 35.9. The van der Waals surface area contributed by atoms with Crippen molar-refractivity contribution in [1.29, 1.82) is 31.6 Å². The first-order chi connectivity index (χ1) is 59.3. The van der Waals surface area contributed by atoms with Crippen molar-refractivity contribution < 1.29 is 53.7 Å². The molecule has 0 aliphatic heterocycles. The van der Waals surface area contributed by atoms with Crippen LogP contribution in [-0.2, 0) is 52.7 Å². The first kappa shape index (κ1) is 84.2. The predicted molar refractivity (Wildman–Crippen MR) is 414 cm³/mol. The van der Waals surface area contributed by atoms with Crippen LogP contribution in [0.3, 0.4) is 0 Å². The average Bonchev–Trinajstić information content (AvgIpc) is 1.56. The number of benzene rings is 3. The van der Waals surface area contributed by atoms with Crippen molar-refractivity contribution in [3.63, 3.8) is 0 Å². The first-order valence-corrected chi connectivity index (χ1v) is 35.9. The number of aryl methyl sites for hydroxylation is 4. The van der Waals surface area contributed by atoms with Crippen LogP contribution in [-0.4, -0.2) is 88.9 Å². The molecule has 6 aliphatic carbocycles. The van der Waals surface area contributed by atoms with Crippen LogP contribution in [0.25, 0.3) is 131 Å². The summed E-state index contributed by atoms with van der Waals surface area (Å²) in [7, 11) is 0. The van der Waals surface area contributed by atoms with E-state index in [9.17, 15) is 71.1 Å². The van der Waals surface area contributed by atoms with Gasteiger partial charge in [0.1, 0.15) is 146 Å². The van der Waals surface area contributed by atoms with Crippen molar-refractivity contribution in [2.75, 3.05) is 0 Å². The Labute approximate surface area is 694 Å². The van der Waals surface area contributed by atoms with Crippen LogP contribution in [0, 0.1) is 135 Å². The highest BCUT2D eigenvalue weighted by molar-refractivity contribution is 5.94. The molecule has 0 saturated carbocycles. The molecule has 3 aromatic carbocycles. The maximum atomic E-state index is 14.0. The van der Waals surface area contributed by atoms with E-state index in [-0.39, 0.29) is 134 Å². The molecular formula is C86H45F9N26O3. The third kappa shape index (κ3) is 15.3. The van der Waals surface area contributed by atoms with Gasteiger partial charge in [-0.05, 0) is 151 Å². The summed E-state index contributed by atoms with van der Waals surface area (Å²) < 4.78 is 139. The number of hydrogen-bond acceptors (Lipinski definition) is 23. The third-order valence-corrected chi connectivity index (χ3v) is 20.3. The lowest BCUT2D eigenvalue weighted by Crippen LogP contribution is -2.27. The molecule has 0 atom stereocenters. The molecule has 6 heterocycles. The summed E-state index contributed by atoms with van der Waals surface area (Å²) in [4.78, 5) is 80.2. The van der Waals surface area contributed by atoms with E-state index in [0.29, 0.717) is 128 Å². The van der Waals surface area contributed by atoms with E-state index in [1.54, 1.807) is 97.0 Å². The monoisotopic (exact) mass is 1660 g/mol. The van der Waals surface area contributed by atoms with E-state index in [4.69, 9.17) is 39.4 Å². The van der Waals surface area contributed by atoms with Crippen LogP contribution < -0.4 is 31.3 Å². The molecule has 600 valence electrons. The Bertz CT molecular complexity index is 7070. The highest BCUT2D eigenvalue weighted by atomic mass is 19.4. The van der Waals surface area contributed by atoms with Gasteiger partial charge >= 0.3 is 36.5 Å². The molecule has 0 spiro atoms. The van der Waals surface area contributed by atoms with E-state index >= 15 is 0 Å². The number of rotatable bonds is 9. The Hall–Kier alpha value is -17.7. The molecule has 0 saturated heterocycles. The lowest BCUT2D eigenvalue weighted by molar-refractivity contribution is -0.291. The topological polar surface area (TPSA) is 377 Å². The second-order valence-corrected chi connectivity index (χ2v) is 27.2. The van der Waals surface area contributed by atoms with Crippen LogP contribution >= 0.6 is 0 Å². The molecule has 38 heteroatoms. The summed E-state index contributed by atoms with van der Waals surface area (Å²) in [5.74, 6) is -0.998. The van der Waals surface area contributed by atoms with E-state index in [1.165, 1.54) is 62.2 Å². The van der Waals surface area contributed by atoms with Gasteiger partial charge in [-0.2, -0.15) is 60.6 Å². The van der Waals surface area contributed by atoms with Crippen molar-refractivity contribution in [2.45, 2.75) is 106 Å². The molecule has 29 nitrogen and oxygen atoms in total. The number of halogens is 9. The van der Waals surface area contributed by atoms with Gasteiger partial charge in [0.05, 0.1) is 16.7 Å². The fourth-order valence-corrected chi connectivity index (χ4v) is 16.0. The fourth-order valence-electron chi connectivity index (χ4n) is 16.0. The summed E-state index contributed by atoms with van der Waals surface area (Å²) in [5, 5.41) is 59.5. The fraction of sp³-hybridized carbons (Fsp3) is 0.186. The molecule has 0 radical (unpaired) electrons. The second kappa shape index (κ2) is 33.4. The molecule has 0 fully saturated rings. The Morgan fingerprint density at radius 2 is 0.548 bits per heavy atom. The number of hydrogen-bond donors (Lipinski definition) is 0. The minimum absolute atomic E-state index is 0.0175. The number of fused-ring (bicyclic) bond motifs is 6. The normalized spacial score (nSPS) is 13.5. The minimum Gasteiger partial charge on any atom is -0.405 e. The van der Waals surface area contributed by atoms with Gasteiger partial charge in [-0.15, -0.1) is 39.5 Å². The number of ether oxygens (including phenoxy) is 3. The van der Waals surface area contributed by atoms with Crippen molar-refractivity contribution >= 4 is 34.0 Å². The van der Waals surface area contributed by atoms with Gasteiger partial charge in [-0.25, -0.2) is 69.8 Å². The van der Waals surface area contributed by atoms with Crippen LogP contribution in [0.1, 0.15) is 77.4 Å². The molecular weight excluding hydrogens is 1620 g/mol. The summed E-state index contributed by atoms with van der Waals surface area (Å²) in [6.07, 6.45) is -2.08. The van der Waals surface area contributed by atoms with Crippen molar-refractivity contribution in [3.8, 4) is 104 Å². The van der Waals surface area contributed by atoms with Crippen LogP contribution in [0.5, 0.6) is 0 Å². The van der Waals surface area contributed by atoms with Gasteiger partial charge in [0.15, 0.2) is 23.3 Å². The highest BCUT2D eigenvalue weighted by Crippen LogP contribution is 2.45. The Balaban J connectivity index is 0.000000160. The van der Waals surface area contributed by atoms with Gasteiger partial charge in [-0.3, -0.25) is 0 Å². The minimum atomic E-state index is -5.20. The quantitative estimate of drug-likeness (QED) is 0.0736. The smallest absolute Gasteiger partial charge is 0.405 e. The van der Waals surface area contributed by atoms with E-state index in [1.807, 2.05) is 0 Å². The summed E-state index contributed by atoms with van der Waals surface area (Å²) in [6.45, 7) is 56.9. The SMILES string of the molecule is [C-]#[N+]C([N+]#[C-])=C1Cc2c(-c3cncnc3)c3c(c(-c4cncnc4)c2=C1C)CC(=C(C#N)C#N)C=3OC(F)(F)F.[C-]#[N+]C([N+]#[C-])=C1Cc2c(-c3nc(C)nc(C)n3)c3c(c(-c4nc(C)nc(C)n4)c2=C1C)CC(=C(C#N)C#N)C=3OC(F)(F)F.[C-]#[N+]C([N+]#[C-])=C1Cc2c(-c3ncccn3)c3c(c(-c4ncccn4)c2=C1C)CC(=C(C#N)C#N)C=3OC(F)(F)F. The molecule has 0 bridgehead atoms. The number of aromatic nitrogens is 14. The van der Waals surface area contributed by atoms with Crippen LogP contribution in [0.15, 0.2) is 142 Å². The van der Waals surface area contributed by atoms with Crippen molar-refractivity contribution in [2.24, 2.45) is 0 Å². The molecule has 0 unspecified atom stereocenters. The zero-order valence-corrected chi connectivity index (χ0v) is 64.9. The molecule has 15 rings (SSSR count). The lowest BCUT2D eigenvalue weighted by atomic mass is 9.88. The van der Waals surface area contributed by atoms with Crippen molar-refractivity contribution in [1.82, 2.24) is 69.8 Å². The summed E-state index contributed by atoms with van der Waals surface area (Å²) in [6, 6.07) is 13.2. The lowest BCUT2D eigenvalue weighted by Gasteiger charge is -2.16. The maximum absolute atomic E-state index is 14.0. The zero-order valence-electron chi connectivity index (χ0n) is 64.9. The molecule has 6 aliphatic rings. The van der Waals surface area contributed by atoms with Gasteiger partial charge in [-0.1, -0.05) is 0 Å². The van der Waals surface area contributed by atoms with E-state index in [0.717, 1.165) is 0 Å². The Kier molecular flexibility index (Phi) is 22.7. The highest BCUT2D eigenvalue weighted by Gasteiger charge is 2.46. The summed E-state index contributed by atoms with van der Waals surface area (Å²) in [5.41, 5.74) is 5.32. The summed E-state index contributed by atoms with van der Waals surface area (Å²) >= 11 is 0. The Morgan fingerprint density at radius 3 is 0.831 bits per heavy atom. The standard InChI is InChI=1S/C30H19F3N10O.2C28H13F3N8O/c1-12-18(27(36-6)37-7)8-20-22(12)24(28-40-13(2)38-14(3)41-28)21-9-19(17(10-34)11-35)26(44-30(31,32)33)23(21)25(20)29-42-15(4)39-16(5)43-29;1-14-18(27(34-2)35-3)4-20-22(14)23(16-8-36-12-37-9-16)21-5-19(15(6-32)7-33)26(40-28(29,30)31)25(21)24(20)17-10-38-13-39-11-17;1-14-16(25(34-2)35-3)10-18-20(14)22(26-36-6-4-7-37-26)19-11-17(15(12-32)13-33)24(40-28(29,30)31)21(19)23(18)27-38-8-5-9-39-27/h8-9H2,1-5H3;8-13H,4-5H2,1H3;4-9H,10-11H2,1H3. The Morgan fingerprint density at radius 1 is 0.323 bits per heavy atom. The molecule has 0 amide bonds. The largest absolute Gasteiger partial charge is 0.573 e. The van der Waals surface area contributed by atoms with Gasteiger partial charge < -0.3 is 14.2 Å². The van der Waals surface area contributed by atoms with E-state index in [2.05, 4.69) is 113 Å². The maximum Gasteiger partial charge on any atom is 0.573 e. The van der Waals surface area contributed by atoms with E-state index < -0.39 is 53.1 Å². The second-order valence-electron chi connectivity index (χ2n) is 27.2. The average molecular weight is 1660 g/mol. The van der Waals surface area contributed by atoms with Crippen molar-refractivity contribution in [3.05, 3.63) is 298 Å². The number of nitriles is 6. The number of allylic oxidation sites excluding steroid dienone is 6. The molecule has 124 heavy (non-hydrogen) atoms. The molecule has 0 N–H and O–H groups in total. The molecule has 6 aromatic heterocycles. The zero-order chi connectivity index (χ0) is 89.3. The number of alkyl halides is 9. The van der Waals surface area contributed by atoms with Crippen LogP contribution in [0.4, 0.5) is 39.5 Å². The van der Waals surface area contributed by atoms with Gasteiger partial charge in [0, 0.05) is 140 Å². The third-order valence-electron chi connectivity index (χ3n) is 20.3. The molecule has 9 aromatic rings.